The summed E-state index contributed by atoms with van der Waals surface area (Å²) in [5.74, 6) is -0.148. The van der Waals surface area contributed by atoms with Gasteiger partial charge in [-0.1, -0.05) is 0 Å². The van der Waals surface area contributed by atoms with Crippen molar-refractivity contribution in [1.82, 2.24) is 25.2 Å². The maximum atomic E-state index is 11.1. The van der Waals surface area contributed by atoms with Crippen LogP contribution >= 0.6 is 0 Å². The zero-order valence-electron chi connectivity index (χ0n) is 7.95. The number of rotatable bonds is 2. The number of aromatic nitrogens is 5. The van der Waals surface area contributed by atoms with Crippen LogP contribution in [0.1, 0.15) is 10.4 Å². The number of carbonyl (C=O) groups is 1. The number of hydrogen-bond donors (Lipinski definition) is 1. The average molecular weight is 204 g/mol. The van der Waals surface area contributed by atoms with Crippen LogP contribution in [0.25, 0.3) is 11.5 Å². The molecular formula is C8H8N6O. The lowest BCUT2D eigenvalue weighted by molar-refractivity contribution is 0.100. The molecule has 2 aromatic heterocycles. The largest absolute Gasteiger partial charge is 0.366 e. The van der Waals surface area contributed by atoms with Crippen molar-refractivity contribution in [2.45, 2.75) is 0 Å². The molecule has 0 aliphatic heterocycles. The molecule has 0 atom stereocenters. The molecule has 2 N–H and O–H groups in total. The van der Waals surface area contributed by atoms with Crippen molar-refractivity contribution in [1.29, 1.82) is 0 Å². The second-order valence-electron chi connectivity index (χ2n) is 2.89. The summed E-state index contributed by atoms with van der Waals surface area (Å²) >= 11 is 0. The van der Waals surface area contributed by atoms with Crippen LogP contribution in [0.15, 0.2) is 18.3 Å². The Bertz CT molecular complexity index is 505. The molecule has 0 aliphatic rings. The third kappa shape index (κ3) is 1.54. The summed E-state index contributed by atoms with van der Waals surface area (Å²) in [6, 6.07) is 3.22. The quantitative estimate of drug-likeness (QED) is 0.702. The molecule has 0 spiro atoms. The van der Waals surface area contributed by atoms with Gasteiger partial charge in [-0.2, -0.15) is 0 Å². The number of aryl methyl sites for hydroxylation is 1. The molecule has 1 amide bonds. The summed E-state index contributed by atoms with van der Waals surface area (Å²) < 4.78 is 1.43. The van der Waals surface area contributed by atoms with Gasteiger partial charge < -0.3 is 5.73 Å². The molecule has 0 radical (unpaired) electrons. The monoisotopic (exact) mass is 204 g/mol. The van der Waals surface area contributed by atoms with Gasteiger partial charge >= 0.3 is 0 Å². The number of tetrazole rings is 1. The Kier molecular flexibility index (Phi) is 2.13. The Labute approximate surface area is 84.9 Å². The number of hydrogen-bond acceptors (Lipinski definition) is 5. The molecule has 0 saturated carbocycles. The lowest BCUT2D eigenvalue weighted by Gasteiger charge is -2.02. The van der Waals surface area contributed by atoms with Gasteiger partial charge in [-0.05, 0) is 22.6 Å². The molecule has 0 aromatic carbocycles. The predicted octanol–water partition coefficient (Wildman–Crippen LogP) is -0.629. The Hall–Kier alpha value is -2.31. The summed E-state index contributed by atoms with van der Waals surface area (Å²) in [5.41, 5.74) is 5.90. The van der Waals surface area contributed by atoms with E-state index in [0.29, 0.717) is 17.1 Å². The molecule has 2 rings (SSSR count). The molecule has 0 bridgehead atoms. The molecule has 76 valence electrons. The van der Waals surface area contributed by atoms with Crippen LogP contribution in [0.5, 0.6) is 0 Å². The van der Waals surface area contributed by atoms with Gasteiger partial charge in [0.2, 0.25) is 5.82 Å². The third-order valence-electron chi connectivity index (χ3n) is 1.91. The number of amides is 1. The van der Waals surface area contributed by atoms with Crippen molar-refractivity contribution >= 4 is 5.91 Å². The fraction of sp³-hybridized carbons (Fsp3) is 0.125. The normalized spacial score (nSPS) is 10.2. The second-order valence-corrected chi connectivity index (χ2v) is 2.89. The van der Waals surface area contributed by atoms with Crippen molar-refractivity contribution < 1.29 is 4.79 Å². The van der Waals surface area contributed by atoms with Gasteiger partial charge in [0.25, 0.3) is 5.91 Å². The number of nitrogens with zero attached hydrogens (tertiary/aromatic N) is 5. The molecule has 0 saturated heterocycles. The van der Waals surface area contributed by atoms with Crippen molar-refractivity contribution in [3.05, 3.63) is 23.9 Å². The van der Waals surface area contributed by atoms with Crippen LogP contribution in [0, 0.1) is 0 Å². The highest BCUT2D eigenvalue weighted by Gasteiger charge is 2.15. The topological polar surface area (TPSA) is 99.6 Å². The van der Waals surface area contributed by atoms with E-state index in [1.165, 1.54) is 4.68 Å². The zero-order chi connectivity index (χ0) is 10.8. The third-order valence-corrected chi connectivity index (χ3v) is 1.91. The van der Waals surface area contributed by atoms with E-state index in [2.05, 4.69) is 20.5 Å². The standard InChI is InChI=1S/C8H8N6O/c1-14-8(11-12-13-14)6-5(7(9)15)3-2-4-10-6/h2-4H,1H3,(H2,9,15). The highest BCUT2D eigenvalue weighted by Crippen LogP contribution is 2.16. The van der Waals surface area contributed by atoms with Crippen LogP contribution in [0.4, 0.5) is 0 Å². The van der Waals surface area contributed by atoms with Crippen LogP contribution in [-0.2, 0) is 7.05 Å². The Balaban J connectivity index is 2.63. The van der Waals surface area contributed by atoms with E-state index in [1.54, 1.807) is 25.4 Å². The van der Waals surface area contributed by atoms with Crippen molar-refractivity contribution in [2.75, 3.05) is 0 Å². The van der Waals surface area contributed by atoms with Gasteiger partial charge in [0.05, 0.1) is 5.56 Å². The minimum Gasteiger partial charge on any atom is -0.366 e. The Morgan fingerprint density at radius 2 is 2.33 bits per heavy atom. The molecule has 0 unspecified atom stereocenters. The zero-order valence-corrected chi connectivity index (χ0v) is 7.95. The van der Waals surface area contributed by atoms with Crippen LogP contribution in [0.2, 0.25) is 0 Å². The molecule has 2 heterocycles. The van der Waals surface area contributed by atoms with E-state index >= 15 is 0 Å². The number of pyridine rings is 1. The van der Waals surface area contributed by atoms with Gasteiger partial charge in [-0.25, -0.2) is 4.68 Å². The Morgan fingerprint density at radius 1 is 1.53 bits per heavy atom. The highest BCUT2D eigenvalue weighted by molar-refractivity contribution is 5.97. The maximum absolute atomic E-state index is 11.1. The van der Waals surface area contributed by atoms with E-state index in [-0.39, 0.29) is 0 Å². The SMILES string of the molecule is Cn1nnnc1-c1ncccc1C(N)=O. The fourth-order valence-electron chi connectivity index (χ4n) is 1.21. The first-order valence-corrected chi connectivity index (χ1v) is 4.17. The van der Waals surface area contributed by atoms with Crippen LogP contribution in [-0.4, -0.2) is 31.1 Å². The van der Waals surface area contributed by atoms with Gasteiger partial charge in [-0.3, -0.25) is 9.78 Å². The molecule has 0 aliphatic carbocycles. The summed E-state index contributed by atoms with van der Waals surface area (Å²) in [4.78, 5) is 15.2. The van der Waals surface area contributed by atoms with E-state index < -0.39 is 5.91 Å². The molecule has 0 fully saturated rings. The van der Waals surface area contributed by atoms with Gasteiger partial charge in [-0.15, -0.1) is 5.10 Å². The number of nitrogens with two attached hydrogens (primary N) is 1. The van der Waals surface area contributed by atoms with E-state index in [9.17, 15) is 4.79 Å². The lowest BCUT2D eigenvalue weighted by atomic mass is 10.2. The number of primary amides is 1. The van der Waals surface area contributed by atoms with Crippen molar-refractivity contribution in [2.24, 2.45) is 12.8 Å². The summed E-state index contributed by atoms with van der Waals surface area (Å²) in [7, 11) is 1.66. The number of carbonyl (C=O) groups excluding carboxylic acids is 1. The smallest absolute Gasteiger partial charge is 0.251 e. The first-order valence-electron chi connectivity index (χ1n) is 4.17. The van der Waals surface area contributed by atoms with Crippen molar-refractivity contribution in [3.63, 3.8) is 0 Å². The molecule has 7 nitrogen and oxygen atoms in total. The molecular weight excluding hydrogens is 196 g/mol. The average Bonchev–Trinajstić information content (AvgIpc) is 2.64. The maximum Gasteiger partial charge on any atom is 0.251 e. The van der Waals surface area contributed by atoms with Crippen molar-refractivity contribution in [3.8, 4) is 11.5 Å². The van der Waals surface area contributed by atoms with Crippen LogP contribution < -0.4 is 5.73 Å². The van der Waals surface area contributed by atoms with E-state index in [0.717, 1.165) is 0 Å². The molecule has 15 heavy (non-hydrogen) atoms. The van der Waals surface area contributed by atoms with E-state index in [4.69, 9.17) is 5.73 Å². The fourth-order valence-corrected chi connectivity index (χ4v) is 1.21. The summed E-state index contributed by atoms with van der Waals surface area (Å²) in [5, 5.41) is 10.9. The second kappa shape index (κ2) is 3.45. The van der Waals surface area contributed by atoms with Gasteiger partial charge in [0, 0.05) is 13.2 Å². The predicted molar refractivity (Wildman–Crippen MR) is 50.5 cm³/mol. The highest BCUT2D eigenvalue weighted by atomic mass is 16.1. The summed E-state index contributed by atoms with van der Waals surface area (Å²) in [6.07, 6.45) is 1.55. The summed E-state index contributed by atoms with van der Waals surface area (Å²) in [6.45, 7) is 0. The first-order chi connectivity index (χ1) is 7.20. The molecule has 7 heteroatoms. The minimum absolute atomic E-state index is 0.301. The molecule has 2 aromatic rings. The van der Waals surface area contributed by atoms with Crippen LogP contribution in [0.3, 0.4) is 0 Å². The minimum atomic E-state index is -0.555. The first kappa shape index (κ1) is 9.25. The van der Waals surface area contributed by atoms with Gasteiger partial charge in [0.1, 0.15) is 5.69 Å². The van der Waals surface area contributed by atoms with Gasteiger partial charge in [0.15, 0.2) is 0 Å². The van der Waals surface area contributed by atoms with E-state index in [1.807, 2.05) is 0 Å². The Morgan fingerprint density at radius 3 is 2.93 bits per heavy atom. The lowest BCUT2D eigenvalue weighted by Crippen LogP contribution is -2.14.